The molecule has 0 spiro atoms. The van der Waals surface area contributed by atoms with Gasteiger partial charge in [-0.3, -0.25) is 10.1 Å². The van der Waals surface area contributed by atoms with Crippen LogP contribution in [0.4, 0.5) is 4.79 Å². The summed E-state index contributed by atoms with van der Waals surface area (Å²) in [5.41, 5.74) is 0.739. The number of halogens is 1. The number of hydrogen-bond acceptors (Lipinski definition) is 6. The molecular weight excluding hydrogens is 388 g/mol. The minimum absolute atomic E-state index is 0.146. The zero-order valence-corrected chi connectivity index (χ0v) is 16.5. The third kappa shape index (κ3) is 5.71. The highest BCUT2D eigenvalue weighted by atomic mass is 35.5. The van der Waals surface area contributed by atoms with Crippen LogP contribution in [0.1, 0.15) is 39.0 Å². The molecule has 1 atom stereocenters. The monoisotopic (exact) mass is 408 g/mol. The normalized spacial score (nSPS) is 15.9. The Bertz CT molecular complexity index is 790. The molecule has 1 aliphatic rings. The summed E-state index contributed by atoms with van der Waals surface area (Å²) in [5, 5.41) is 13.5. The first-order valence-corrected chi connectivity index (χ1v) is 10.1. The van der Waals surface area contributed by atoms with Gasteiger partial charge < -0.3 is 9.73 Å². The predicted octanol–water partition coefficient (Wildman–Crippen LogP) is 4.03. The zero-order chi connectivity index (χ0) is 19.2. The van der Waals surface area contributed by atoms with E-state index in [1.165, 1.54) is 6.42 Å². The van der Waals surface area contributed by atoms with Crippen molar-refractivity contribution in [2.24, 2.45) is 0 Å². The maximum absolute atomic E-state index is 12.2. The fourth-order valence-corrected chi connectivity index (χ4v) is 3.66. The van der Waals surface area contributed by atoms with Gasteiger partial charge in [0.2, 0.25) is 11.8 Å². The van der Waals surface area contributed by atoms with Crippen LogP contribution >= 0.6 is 23.4 Å². The summed E-state index contributed by atoms with van der Waals surface area (Å²) in [6, 6.07) is 6.70. The van der Waals surface area contributed by atoms with Gasteiger partial charge in [-0.25, -0.2) is 4.79 Å². The Hall–Kier alpha value is -2.06. The first-order valence-electron chi connectivity index (χ1n) is 8.89. The Kier molecular flexibility index (Phi) is 6.73. The molecule has 3 amide bonds. The van der Waals surface area contributed by atoms with E-state index in [1.807, 2.05) is 0 Å². The molecule has 0 radical (unpaired) electrons. The Labute approximate surface area is 166 Å². The van der Waals surface area contributed by atoms with Crippen molar-refractivity contribution in [3.05, 3.63) is 29.3 Å². The molecule has 1 aliphatic carbocycles. The van der Waals surface area contributed by atoms with Gasteiger partial charge in [-0.2, -0.15) is 0 Å². The van der Waals surface area contributed by atoms with Crippen molar-refractivity contribution in [2.45, 2.75) is 55.5 Å². The van der Waals surface area contributed by atoms with Gasteiger partial charge in [-0.05, 0) is 44.0 Å². The average molecular weight is 409 g/mol. The molecule has 9 heteroatoms. The van der Waals surface area contributed by atoms with E-state index in [0.717, 1.165) is 43.0 Å². The topological polar surface area (TPSA) is 97.1 Å². The molecule has 1 aromatic carbocycles. The summed E-state index contributed by atoms with van der Waals surface area (Å²) >= 11 is 6.96. The molecule has 2 N–H and O–H groups in total. The second kappa shape index (κ2) is 9.23. The van der Waals surface area contributed by atoms with Gasteiger partial charge in [-0.15, -0.1) is 10.2 Å². The van der Waals surface area contributed by atoms with E-state index in [4.69, 9.17) is 16.0 Å². The molecule has 144 valence electrons. The van der Waals surface area contributed by atoms with E-state index >= 15 is 0 Å². The van der Waals surface area contributed by atoms with Crippen molar-refractivity contribution < 1.29 is 14.0 Å². The highest BCUT2D eigenvalue weighted by Crippen LogP contribution is 2.27. The highest BCUT2D eigenvalue weighted by Gasteiger charge is 2.22. The van der Waals surface area contributed by atoms with E-state index < -0.39 is 17.2 Å². The molecule has 1 aromatic heterocycles. The minimum atomic E-state index is -0.555. The van der Waals surface area contributed by atoms with Gasteiger partial charge in [0.1, 0.15) is 0 Å². The number of carbonyl (C=O) groups is 2. The second-order valence-electron chi connectivity index (χ2n) is 6.44. The van der Waals surface area contributed by atoms with E-state index in [9.17, 15) is 9.59 Å². The second-order valence-corrected chi connectivity index (χ2v) is 8.17. The van der Waals surface area contributed by atoms with E-state index in [-0.39, 0.29) is 11.3 Å². The number of rotatable bonds is 5. The largest absolute Gasteiger partial charge is 0.411 e. The van der Waals surface area contributed by atoms with Gasteiger partial charge in [0.15, 0.2) is 0 Å². The van der Waals surface area contributed by atoms with Crippen LogP contribution in [0.3, 0.4) is 0 Å². The third-order valence-electron chi connectivity index (χ3n) is 4.32. The number of benzene rings is 1. The fraction of sp³-hybridized carbons (Fsp3) is 0.444. The van der Waals surface area contributed by atoms with Gasteiger partial charge >= 0.3 is 6.03 Å². The first-order chi connectivity index (χ1) is 13.0. The van der Waals surface area contributed by atoms with Gasteiger partial charge in [0.05, 0.1) is 5.25 Å². The van der Waals surface area contributed by atoms with Gasteiger partial charge in [-0.1, -0.05) is 42.6 Å². The summed E-state index contributed by atoms with van der Waals surface area (Å²) in [7, 11) is 0. The molecule has 0 unspecified atom stereocenters. The van der Waals surface area contributed by atoms with Crippen molar-refractivity contribution in [1.82, 2.24) is 20.8 Å². The molecule has 2 aromatic rings. The van der Waals surface area contributed by atoms with Crippen LogP contribution < -0.4 is 10.6 Å². The lowest BCUT2D eigenvalue weighted by molar-refractivity contribution is -0.119. The number of urea groups is 1. The Morgan fingerprint density at radius 2 is 1.89 bits per heavy atom. The maximum Gasteiger partial charge on any atom is 0.321 e. The van der Waals surface area contributed by atoms with Crippen molar-refractivity contribution in [3.63, 3.8) is 0 Å². The number of carbonyl (C=O) groups excluding carboxylic acids is 2. The summed E-state index contributed by atoms with van der Waals surface area (Å²) < 4.78 is 5.57. The molecule has 0 bridgehead atoms. The Morgan fingerprint density at radius 1 is 1.19 bits per heavy atom. The molecule has 1 fully saturated rings. The van der Waals surface area contributed by atoms with Crippen molar-refractivity contribution in [3.8, 4) is 11.5 Å². The number of thioether (sulfide) groups is 1. The average Bonchev–Trinajstić information content (AvgIpc) is 3.11. The van der Waals surface area contributed by atoms with Crippen molar-refractivity contribution >= 4 is 35.3 Å². The zero-order valence-electron chi connectivity index (χ0n) is 14.9. The summed E-state index contributed by atoms with van der Waals surface area (Å²) in [6.45, 7) is 1.68. The summed E-state index contributed by atoms with van der Waals surface area (Å²) in [4.78, 5) is 24.2. The SMILES string of the molecule is C[C@@H](Sc1nnc(-c2ccc(Cl)cc2)o1)C(=O)NC(=O)NC1CCCCC1. The lowest BCUT2D eigenvalue weighted by Gasteiger charge is -2.22. The number of nitrogens with one attached hydrogen (secondary N) is 2. The quantitative estimate of drug-likeness (QED) is 0.725. The molecule has 0 aliphatic heterocycles. The third-order valence-corrected chi connectivity index (χ3v) is 5.51. The standard InChI is InChI=1S/C18H21ClN4O3S/c1-11(15(24)21-17(25)20-14-5-3-2-4-6-14)27-18-23-22-16(26-18)12-7-9-13(19)10-8-12/h7-11,14H,2-6H2,1H3,(H2,20,21,24,25)/t11-/m1/s1. The molecule has 1 heterocycles. The molecule has 1 saturated carbocycles. The lowest BCUT2D eigenvalue weighted by atomic mass is 9.96. The van der Waals surface area contributed by atoms with Crippen LogP contribution in [-0.4, -0.2) is 33.4 Å². The fourth-order valence-electron chi connectivity index (χ4n) is 2.85. The number of hydrogen-bond donors (Lipinski definition) is 2. The Balaban J connectivity index is 1.50. The van der Waals surface area contributed by atoms with Crippen LogP contribution in [0.2, 0.25) is 5.02 Å². The number of imide groups is 1. The maximum atomic E-state index is 12.2. The summed E-state index contributed by atoms with van der Waals surface area (Å²) in [5.74, 6) is -0.0589. The van der Waals surface area contributed by atoms with E-state index in [1.54, 1.807) is 31.2 Å². The molecule has 0 saturated heterocycles. The number of nitrogens with zero attached hydrogens (tertiary/aromatic N) is 2. The predicted molar refractivity (Wildman–Crippen MR) is 104 cm³/mol. The van der Waals surface area contributed by atoms with Crippen molar-refractivity contribution in [1.29, 1.82) is 0 Å². The van der Waals surface area contributed by atoms with Crippen LogP contribution in [0.25, 0.3) is 11.5 Å². The summed E-state index contributed by atoms with van der Waals surface area (Å²) in [6.07, 6.45) is 5.34. The first kappa shape index (κ1) is 19.7. The number of amides is 3. The lowest BCUT2D eigenvalue weighted by Crippen LogP contribution is -2.47. The van der Waals surface area contributed by atoms with Gasteiger partial charge in [0.25, 0.3) is 5.22 Å². The van der Waals surface area contributed by atoms with Crippen LogP contribution in [0, 0.1) is 0 Å². The van der Waals surface area contributed by atoms with Crippen LogP contribution in [0.15, 0.2) is 33.9 Å². The smallest absolute Gasteiger partial charge is 0.321 e. The molecule has 27 heavy (non-hydrogen) atoms. The van der Waals surface area contributed by atoms with E-state index in [0.29, 0.717) is 10.9 Å². The Morgan fingerprint density at radius 3 is 2.59 bits per heavy atom. The van der Waals surface area contributed by atoms with Crippen LogP contribution in [-0.2, 0) is 4.79 Å². The number of aromatic nitrogens is 2. The molecule has 3 rings (SSSR count). The van der Waals surface area contributed by atoms with Crippen molar-refractivity contribution in [2.75, 3.05) is 0 Å². The van der Waals surface area contributed by atoms with Crippen LogP contribution in [0.5, 0.6) is 0 Å². The highest BCUT2D eigenvalue weighted by molar-refractivity contribution is 8.00. The van der Waals surface area contributed by atoms with Gasteiger partial charge in [0, 0.05) is 16.6 Å². The minimum Gasteiger partial charge on any atom is -0.411 e. The molecule has 7 nitrogen and oxygen atoms in total. The molecular formula is C18H21ClN4O3S. The van der Waals surface area contributed by atoms with E-state index in [2.05, 4.69) is 20.8 Å².